The van der Waals surface area contributed by atoms with E-state index >= 15 is 0 Å². The van der Waals surface area contributed by atoms with Gasteiger partial charge in [0.15, 0.2) is 0 Å². The number of hydrogen-bond acceptors (Lipinski definition) is 5. The van der Waals surface area contributed by atoms with Gasteiger partial charge in [-0.1, -0.05) is 23.7 Å². The summed E-state index contributed by atoms with van der Waals surface area (Å²) in [5.41, 5.74) is 3.12. The van der Waals surface area contributed by atoms with Crippen LogP contribution in [0.1, 0.15) is 22.3 Å². The zero-order valence-corrected chi connectivity index (χ0v) is 21.6. The smallest absolute Gasteiger partial charge is 0.264 e. The molecule has 5 rings (SSSR count). The number of ether oxygens (including phenoxy) is 1. The first kappa shape index (κ1) is 24.5. The summed E-state index contributed by atoms with van der Waals surface area (Å²) in [5.74, 6) is 0.792. The van der Waals surface area contributed by atoms with Crippen LogP contribution in [0.15, 0.2) is 71.6 Å². The number of para-hydroxylation sites is 2. The van der Waals surface area contributed by atoms with Gasteiger partial charge in [0.2, 0.25) is 0 Å². The van der Waals surface area contributed by atoms with Crippen molar-refractivity contribution in [1.82, 2.24) is 4.90 Å². The number of sulfonamides is 1. The lowest BCUT2D eigenvalue weighted by Crippen LogP contribution is -2.49. The third-order valence-corrected chi connectivity index (χ3v) is 8.88. The molecular weight excluding hydrogens is 498 g/mol. The summed E-state index contributed by atoms with van der Waals surface area (Å²) in [5, 5.41) is 0.486. The van der Waals surface area contributed by atoms with Crippen LogP contribution in [0.5, 0.6) is 5.75 Å². The molecule has 1 saturated heterocycles. The monoisotopic (exact) mass is 525 g/mol. The van der Waals surface area contributed by atoms with Gasteiger partial charge in [-0.2, -0.15) is 0 Å². The molecule has 0 aromatic heterocycles. The van der Waals surface area contributed by atoms with Crippen LogP contribution < -0.4 is 13.9 Å². The molecule has 1 amide bonds. The average Bonchev–Trinajstić information content (AvgIpc) is 2.92. The molecule has 2 aliphatic heterocycles. The first-order valence-electron chi connectivity index (χ1n) is 12.0. The van der Waals surface area contributed by atoms with E-state index in [1.165, 1.54) is 16.4 Å². The van der Waals surface area contributed by atoms with Crippen molar-refractivity contribution in [3.8, 4) is 5.75 Å². The Morgan fingerprint density at radius 2 is 1.61 bits per heavy atom. The molecule has 7 nitrogen and oxygen atoms in total. The summed E-state index contributed by atoms with van der Waals surface area (Å²) in [6.45, 7) is 3.03. The number of methoxy groups -OCH3 is 1. The highest BCUT2D eigenvalue weighted by Crippen LogP contribution is 2.34. The highest BCUT2D eigenvalue weighted by Gasteiger charge is 2.30. The molecule has 3 aromatic rings. The number of halogens is 1. The molecule has 0 unspecified atom stereocenters. The minimum Gasteiger partial charge on any atom is -0.495 e. The summed E-state index contributed by atoms with van der Waals surface area (Å²) in [6.07, 6.45) is 1.42. The fraction of sp³-hybridized carbons (Fsp3) is 0.296. The molecule has 2 heterocycles. The number of piperazine rings is 1. The minimum absolute atomic E-state index is 0.0323. The van der Waals surface area contributed by atoms with Crippen LogP contribution in [0.4, 0.5) is 11.4 Å². The second kappa shape index (κ2) is 10.0. The Morgan fingerprint density at radius 3 is 2.33 bits per heavy atom. The van der Waals surface area contributed by atoms with E-state index < -0.39 is 10.0 Å². The van der Waals surface area contributed by atoms with Gasteiger partial charge in [-0.3, -0.25) is 9.10 Å². The molecule has 3 aromatic carbocycles. The second-order valence-electron chi connectivity index (χ2n) is 8.93. The minimum atomic E-state index is -3.72. The van der Waals surface area contributed by atoms with E-state index in [4.69, 9.17) is 16.3 Å². The van der Waals surface area contributed by atoms with E-state index in [1.807, 2.05) is 35.2 Å². The molecule has 188 valence electrons. The normalized spacial score (nSPS) is 16.0. The fourth-order valence-corrected chi connectivity index (χ4v) is 6.57. The lowest BCUT2D eigenvalue weighted by atomic mass is 10.00. The van der Waals surface area contributed by atoms with Gasteiger partial charge in [0.25, 0.3) is 15.9 Å². The highest BCUT2D eigenvalue weighted by atomic mass is 35.5. The molecule has 9 heteroatoms. The maximum Gasteiger partial charge on any atom is 0.264 e. The molecule has 0 spiro atoms. The fourth-order valence-electron chi connectivity index (χ4n) is 4.90. The van der Waals surface area contributed by atoms with E-state index in [-0.39, 0.29) is 10.8 Å². The van der Waals surface area contributed by atoms with E-state index in [9.17, 15) is 13.2 Å². The standard InChI is InChI=1S/C27H28ClN3O4S/c1-35-26-7-3-2-6-25(26)29-15-17-30(18-16-29)27(32)21-8-13-24-20(19-21)5-4-14-31(24)36(33,34)23-11-9-22(28)10-12-23/h2-3,6-13,19H,4-5,14-18H2,1H3. The Morgan fingerprint density at radius 1 is 0.889 bits per heavy atom. The molecule has 0 N–H and O–H groups in total. The number of benzene rings is 3. The lowest BCUT2D eigenvalue weighted by Gasteiger charge is -2.37. The molecule has 0 bridgehead atoms. The molecule has 2 aliphatic rings. The quantitative estimate of drug-likeness (QED) is 0.492. The van der Waals surface area contributed by atoms with Crippen LogP contribution in [-0.2, 0) is 16.4 Å². The second-order valence-corrected chi connectivity index (χ2v) is 11.2. The number of hydrogen-bond donors (Lipinski definition) is 0. The number of amides is 1. The number of rotatable bonds is 5. The topological polar surface area (TPSA) is 70.2 Å². The number of aryl methyl sites for hydroxylation is 1. The van der Waals surface area contributed by atoms with Crippen LogP contribution in [0.25, 0.3) is 0 Å². The Balaban J connectivity index is 1.32. The van der Waals surface area contributed by atoms with Gasteiger partial charge in [0.1, 0.15) is 5.75 Å². The van der Waals surface area contributed by atoms with Crippen molar-refractivity contribution >= 4 is 38.9 Å². The van der Waals surface area contributed by atoms with E-state index in [1.54, 1.807) is 31.4 Å². The van der Waals surface area contributed by atoms with Crippen molar-refractivity contribution in [3.63, 3.8) is 0 Å². The Labute approximate surface area is 216 Å². The summed E-state index contributed by atoms with van der Waals surface area (Å²) >= 11 is 5.94. The van der Waals surface area contributed by atoms with E-state index in [2.05, 4.69) is 4.90 Å². The maximum atomic E-state index is 13.3. The van der Waals surface area contributed by atoms with Gasteiger partial charge in [-0.25, -0.2) is 8.42 Å². The van der Waals surface area contributed by atoms with Crippen molar-refractivity contribution < 1.29 is 17.9 Å². The largest absolute Gasteiger partial charge is 0.495 e. The van der Waals surface area contributed by atoms with Gasteiger partial charge < -0.3 is 14.5 Å². The van der Waals surface area contributed by atoms with Crippen molar-refractivity contribution in [1.29, 1.82) is 0 Å². The summed E-state index contributed by atoms with van der Waals surface area (Å²) in [6, 6.07) is 19.5. The van der Waals surface area contributed by atoms with Crippen LogP contribution in [0.2, 0.25) is 5.02 Å². The third-order valence-electron chi connectivity index (χ3n) is 6.80. The molecular formula is C27H28ClN3O4S. The lowest BCUT2D eigenvalue weighted by molar-refractivity contribution is 0.0746. The number of carbonyl (C=O) groups is 1. The van der Waals surface area contributed by atoms with E-state index in [0.717, 1.165) is 23.4 Å². The summed E-state index contributed by atoms with van der Waals surface area (Å²) in [4.78, 5) is 17.6. The predicted molar refractivity (Wildman–Crippen MR) is 142 cm³/mol. The summed E-state index contributed by atoms with van der Waals surface area (Å²) in [7, 11) is -2.06. The molecule has 0 atom stereocenters. The Hall–Kier alpha value is -3.23. The summed E-state index contributed by atoms with van der Waals surface area (Å²) < 4.78 is 33.6. The van der Waals surface area contributed by atoms with Crippen molar-refractivity contribution in [2.24, 2.45) is 0 Å². The van der Waals surface area contributed by atoms with Crippen molar-refractivity contribution in [2.45, 2.75) is 17.7 Å². The molecule has 0 radical (unpaired) electrons. The molecule has 1 fully saturated rings. The van der Waals surface area contributed by atoms with Gasteiger partial charge >= 0.3 is 0 Å². The van der Waals surface area contributed by atoms with Gasteiger partial charge in [0, 0.05) is 43.3 Å². The predicted octanol–water partition coefficient (Wildman–Crippen LogP) is 4.45. The van der Waals surface area contributed by atoms with Crippen molar-refractivity contribution in [3.05, 3.63) is 82.9 Å². The number of fused-ring (bicyclic) bond motifs is 1. The van der Waals surface area contributed by atoms with Gasteiger partial charge in [-0.15, -0.1) is 0 Å². The molecule has 0 saturated carbocycles. The Bertz CT molecular complexity index is 1370. The number of carbonyl (C=O) groups excluding carboxylic acids is 1. The SMILES string of the molecule is COc1ccccc1N1CCN(C(=O)c2ccc3c(c2)CCCN3S(=O)(=O)c2ccc(Cl)cc2)CC1. The highest BCUT2D eigenvalue weighted by molar-refractivity contribution is 7.92. The van der Waals surface area contributed by atoms with Crippen LogP contribution >= 0.6 is 11.6 Å². The van der Waals surface area contributed by atoms with Gasteiger partial charge in [0.05, 0.1) is 23.4 Å². The molecule has 0 aliphatic carbocycles. The third kappa shape index (κ3) is 4.63. The van der Waals surface area contributed by atoms with Crippen LogP contribution in [0, 0.1) is 0 Å². The zero-order valence-electron chi connectivity index (χ0n) is 20.1. The number of anilines is 2. The molecule has 36 heavy (non-hydrogen) atoms. The number of nitrogens with zero attached hydrogens (tertiary/aromatic N) is 3. The van der Waals surface area contributed by atoms with Crippen LogP contribution in [-0.4, -0.2) is 59.1 Å². The van der Waals surface area contributed by atoms with Crippen molar-refractivity contribution in [2.75, 3.05) is 49.0 Å². The first-order valence-corrected chi connectivity index (χ1v) is 13.8. The maximum absolute atomic E-state index is 13.3. The van der Waals surface area contributed by atoms with E-state index in [0.29, 0.717) is 55.4 Å². The van der Waals surface area contributed by atoms with Gasteiger partial charge in [-0.05, 0) is 73.0 Å². The Kier molecular flexibility index (Phi) is 6.81. The average molecular weight is 526 g/mol. The first-order chi connectivity index (χ1) is 17.4. The van der Waals surface area contributed by atoms with Crippen LogP contribution in [0.3, 0.4) is 0 Å². The zero-order chi connectivity index (χ0) is 25.3.